The Balaban J connectivity index is 1.71. The molecule has 0 aromatic heterocycles. The van der Waals surface area contributed by atoms with Gasteiger partial charge in [-0.25, -0.2) is 0 Å². The Morgan fingerprint density at radius 1 is 0.688 bits per heavy atom. The molecule has 16 heavy (non-hydrogen) atoms. The Kier molecular flexibility index (Phi) is 10.0. The molecule has 0 bridgehead atoms. The average molecular weight is 336 g/mol. The molecule has 1 fully saturated rings. The fourth-order valence-corrected chi connectivity index (χ4v) is 3.43. The van der Waals surface area contributed by atoms with Crippen LogP contribution in [-0.2, 0) is 0 Å². The standard InChI is InChI=1S/C15H29I/c16-14-10-6-4-2-1-3-5-7-11-15-12-8-9-13-15/h15H,1-14H2. The minimum absolute atomic E-state index is 1.11. The molecule has 1 saturated carbocycles. The van der Waals surface area contributed by atoms with Gasteiger partial charge in [0.1, 0.15) is 0 Å². The van der Waals surface area contributed by atoms with Gasteiger partial charge in [0.25, 0.3) is 0 Å². The maximum atomic E-state index is 2.49. The van der Waals surface area contributed by atoms with E-state index in [4.69, 9.17) is 0 Å². The second-order valence-electron chi connectivity index (χ2n) is 5.46. The van der Waals surface area contributed by atoms with Crippen LogP contribution in [0.4, 0.5) is 0 Å². The highest BCUT2D eigenvalue weighted by Crippen LogP contribution is 2.29. The summed E-state index contributed by atoms with van der Waals surface area (Å²) in [7, 11) is 0. The monoisotopic (exact) mass is 336 g/mol. The molecule has 1 aliphatic carbocycles. The van der Waals surface area contributed by atoms with E-state index in [9.17, 15) is 0 Å². The predicted octanol–water partition coefficient (Wildman–Crippen LogP) is 6.12. The van der Waals surface area contributed by atoms with Crippen molar-refractivity contribution in [2.24, 2.45) is 5.92 Å². The van der Waals surface area contributed by atoms with Gasteiger partial charge < -0.3 is 0 Å². The first-order chi connectivity index (χ1) is 7.93. The number of unbranched alkanes of at least 4 members (excludes halogenated alkanes) is 7. The van der Waals surface area contributed by atoms with Crippen molar-refractivity contribution in [1.82, 2.24) is 0 Å². The van der Waals surface area contributed by atoms with Crippen LogP contribution in [0.1, 0.15) is 83.5 Å². The van der Waals surface area contributed by atoms with E-state index in [0.29, 0.717) is 0 Å². The summed E-state index contributed by atoms with van der Waals surface area (Å²) in [6.45, 7) is 0. The van der Waals surface area contributed by atoms with E-state index in [1.165, 1.54) is 87.9 Å². The Morgan fingerprint density at radius 3 is 1.75 bits per heavy atom. The third-order valence-electron chi connectivity index (χ3n) is 3.97. The van der Waals surface area contributed by atoms with Crippen molar-refractivity contribution in [1.29, 1.82) is 0 Å². The van der Waals surface area contributed by atoms with Crippen molar-refractivity contribution in [2.45, 2.75) is 83.5 Å². The molecule has 0 amide bonds. The van der Waals surface area contributed by atoms with E-state index in [0.717, 1.165) is 5.92 Å². The molecule has 0 nitrogen and oxygen atoms in total. The third-order valence-corrected chi connectivity index (χ3v) is 4.73. The average Bonchev–Trinajstić information content (AvgIpc) is 2.80. The number of halogens is 1. The summed E-state index contributed by atoms with van der Waals surface area (Å²) in [6.07, 6.45) is 19.5. The van der Waals surface area contributed by atoms with Crippen LogP contribution in [0.3, 0.4) is 0 Å². The lowest BCUT2D eigenvalue weighted by Gasteiger charge is -2.07. The van der Waals surface area contributed by atoms with E-state index in [1.54, 1.807) is 0 Å². The Morgan fingerprint density at radius 2 is 1.19 bits per heavy atom. The molecule has 0 saturated heterocycles. The molecule has 0 unspecified atom stereocenters. The fourth-order valence-electron chi connectivity index (χ4n) is 2.89. The minimum atomic E-state index is 1.11. The lowest BCUT2D eigenvalue weighted by Crippen LogP contribution is -1.92. The molecule has 0 aliphatic heterocycles. The normalized spacial score (nSPS) is 17.1. The van der Waals surface area contributed by atoms with Gasteiger partial charge in [-0.15, -0.1) is 0 Å². The van der Waals surface area contributed by atoms with E-state index >= 15 is 0 Å². The highest BCUT2D eigenvalue weighted by Gasteiger charge is 2.13. The quantitative estimate of drug-likeness (QED) is 0.256. The third kappa shape index (κ3) is 7.92. The lowest BCUT2D eigenvalue weighted by molar-refractivity contribution is 0.460. The van der Waals surface area contributed by atoms with Gasteiger partial charge in [-0.05, 0) is 16.8 Å². The zero-order valence-corrected chi connectivity index (χ0v) is 13.0. The molecule has 0 spiro atoms. The number of rotatable bonds is 10. The molecule has 0 atom stereocenters. The summed E-state index contributed by atoms with van der Waals surface area (Å²) in [5.74, 6) is 1.11. The summed E-state index contributed by atoms with van der Waals surface area (Å²) in [4.78, 5) is 0. The first kappa shape index (κ1) is 14.8. The Hall–Kier alpha value is 0.730. The predicted molar refractivity (Wildman–Crippen MR) is 82.4 cm³/mol. The second kappa shape index (κ2) is 10.9. The Labute approximate surface area is 116 Å². The smallest absolute Gasteiger partial charge is 0.000473 e. The number of alkyl halides is 1. The van der Waals surface area contributed by atoms with Crippen LogP contribution in [0.25, 0.3) is 0 Å². The van der Waals surface area contributed by atoms with Crippen LogP contribution in [-0.4, -0.2) is 4.43 Å². The van der Waals surface area contributed by atoms with Crippen LogP contribution >= 0.6 is 22.6 Å². The topological polar surface area (TPSA) is 0 Å². The molecular weight excluding hydrogens is 307 g/mol. The van der Waals surface area contributed by atoms with E-state index in [2.05, 4.69) is 22.6 Å². The first-order valence-electron chi connectivity index (χ1n) is 7.49. The maximum absolute atomic E-state index is 2.49. The zero-order valence-electron chi connectivity index (χ0n) is 10.9. The van der Waals surface area contributed by atoms with Crippen molar-refractivity contribution in [3.8, 4) is 0 Å². The maximum Gasteiger partial charge on any atom is -0.000473 e. The molecule has 0 radical (unpaired) electrons. The molecule has 1 heteroatoms. The fraction of sp³-hybridized carbons (Fsp3) is 1.00. The van der Waals surface area contributed by atoms with Crippen LogP contribution in [0, 0.1) is 5.92 Å². The lowest BCUT2D eigenvalue weighted by atomic mass is 9.99. The SMILES string of the molecule is ICCCCCCCCCCC1CCCC1. The summed E-state index contributed by atoms with van der Waals surface area (Å²) in [6, 6.07) is 0. The van der Waals surface area contributed by atoms with Crippen molar-refractivity contribution in [3.05, 3.63) is 0 Å². The van der Waals surface area contributed by atoms with Crippen LogP contribution in [0.15, 0.2) is 0 Å². The zero-order chi connectivity index (χ0) is 11.5. The van der Waals surface area contributed by atoms with Gasteiger partial charge in [0.05, 0.1) is 0 Å². The van der Waals surface area contributed by atoms with Gasteiger partial charge in [-0.3, -0.25) is 0 Å². The summed E-state index contributed by atoms with van der Waals surface area (Å²) in [5.41, 5.74) is 0. The van der Waals surface area contributed by atoms with Gasteiger partial charge in [-0.1, -0.05) is 99.6 Å². The summed E-state index contributed by atoms with van der Waals surface area (Å²) < 4.78 is 1.35. The molecule has 0 N–H and O–H groups in total. The largest absolute Gasteiger partial charge is 0.0864 e. The number of hydrogen-bond acceptors (Lipinski definition) is 0. The van der Waals surface area contributed by atoms with Crippen LogP contribution < -0.4 is 0 Å². The molecule has 1 aliphatic rings. The van der Waals surface area contributed by atoms with E-state index < -0.39 is 0 Å². The minimum Gasteiger partial charge on any atom is -0.0864 e. The molecule has 1 rings (SSSR count). The van der Waals surface area contributed by atoms with Crippen molar-refractivity contribution in [2.75, 3.05) is 4.43 Å². The molecular formula is C15H29I. The van der Waals surface area contributed by atoms with Gasteiger partial charge in [0.2, 0.25) is 0 Å². The summed E-state index contributed by atoms with van der Waals surface area (Å²) >= 11 is 2.49. The second-order valence-corrected chi connectivity index (χ2v) is 6.54. The van der Waals surface area contributed by atoms with E-state index in [1.807, 2.05) is 0 Å². The van der Waals surface area contributed by atoms with Crippen molar-refractivity contribution in [3.63, 3.8) is 0 Å². The summed E-state index contributed by atoms with van der Waals surface area (Å²) in [5, 5.41) is 0. The molecule has 0 aromatic rings. The van der Waals surface area contributed by atoms with Gasteiger partial charge >= 0.3 is 0 Å². The highest BCUT2D eigenvalue weighted by molar-refractivity contribution is 14.1. The van der Waals surface area contributed by atoms with Crippen LogP contribution in [0.2, 0.25) is 0 Å². The van der Waals surface area contributed by atoms with Gasteiger partial charge in [0, 0.05) is 0 Å². The molecule has 96 valence electrons. The van der Waals surface area contributed by atoms with Crippen LogP contribution in [0.5, 0.6) is 0 Å². The van der Waals surface area contributed by atoms with Crippen molar-refractivity contribution >= 4 is 22.6 Å². The Bertz CT molecular complexity index is 138. The van der Waals surface area contributed by atoms with E-state index in [-0.39, 0.29) is 0 Å². The van der Waals surface area contributed by atoms with Crippen molar-refractivity contribution < 1.29 is 0 Å². The highest BCUT2D eigenvalue weighted by atomic mass is 127. The molecule has 0 aromatic carbocycles. The van der Waals surface area contributed by atoms with Gasteiger partial charge in [-0.2, -0.15) is 0 Å². The molecule has 0 heterocycles. The first-order valence-corrected chi connectivity index (χ1v) is 9.02. The number of hydrogen-bond donors (Lipinski definition) is 0. The van der Waals surface area contributed by atoms with Gasteiger partial charge in [0.15, 0.2) is 0 Å².